The third-order valence-electron chi connectivity index (χ3n) is 2.55. The molecule has 114 valence electrons. The fourth-order valence-corrected chi connectivity index (χ4v) is 2.11. The van der Waals surface area contributed by atoms with Gasteiger partial charge in [0.15, 0.2) is 0 Å². The fraction of sp³-hybridized carbons (Fsp3) is 0.308. The van der Waals surface area contributed by atoms with E-state index in [2.05, 4.69) is 25.8 Å². The van der Waals surface area contributed by atoms with E-state index >= 15 is 0 Å². The van der Waals surface area contributed by atoms with E-state index in [9.17, 15) is 13.2 Å². The average Bonchev–Trinajstić information content (AvgIpc) is 2.77. The molecule has 0 radical (unpaired) electrons. The first kappa shape index (κ1) is 15.7. The zero-order valence-corrected chi connectivity index (χ0v) is 12.6. The molecule has 1 aromatic heterocycles. The average molecular weight is 365 g/mol. The van der Waals surface area contributed by atoms with Crippen molar-refractivity contribution in [1.29, 1.82) is 0 Å². The monoisotopic (exact) mass is 364 g/mol. The van der Waals surface area contributed by atoms with Crippen molar-refractivity contribution in [1.82, 2.24) is 9.78 Å². The molecule has 1 aromatic carbocycles. The summed E-state index contributed by atoms with van der Waals surface area (Å²) >= 11 is 3.02. The molecule has 0 amide bonds. The van der Waals surface area contributed by atoms with Gasteiger partial charge < -0.3 is 9.47 Å². The van der Waals surface area contributed by atoms with Gasteiger partial charge in [-0.3, -0.25) is 4.68 Å². The molecule has 0 spiro atoms. The number of halogens is 4. The zero-order valence-electron chi connectivity index (χ0n) is 11.0. The fourth-order valence-electron chi connectivity index (χ4n) is 1.67. The number of ether oxygens (including phenoxy) is 2. The van der Waals surface area contributed by atoms with Crippen molar-refractivity contribution in [3.63, 3.8) is 0 Å². The first-order chi connectivity index (χ1) is 9.83. The predicted molar refractivity (Wildman–Crippen MR) is 73.2 cm³/mol. The van der Waals surface area contributed by atoms with Crippen LogP contribution in [0.2, 0.25) is 0 Å². The molecule has 0 aliphatic carbocycles. The van der Waals surface area contributed by atoms with Crippen molar-refractivity contribution in [2.75, 3.05) is 6.61 Å². The lowest BCUT2D eigenvalue weighted by molar-refractivity contribution is -0.274. The summed E-state index contributed by atoms with van der Waals surface area (Å²) < 4.78 is 47.6. The van der Waals surface area contributed by atoms with Crippen molar-refractivity contribution < 1.29 is 22.6 Å². The second-order valence-corrected chi connectivity index (χ2v) is 5.12. The number of aromatic nitrogens is 2. The third-order valence-corrected chi connectivity index (χ3v) is 3.17. The van der Waals surface area contributed by atoms with Crippen molar-refractivity contribution in [3.05, 3.63) is 40.6 Å². The maximum atomic E-state index is 12.1. The maximum Gasteiger partial charge on any atom is 0.573 e. The summed E-state index contributed by atoms with van der Waals surface area (Å²) in [6, 6.07) is 4.07. The lowest BCUT2D eigenvalue weighted by Gasteiger charge is -2.12. The van der Waals surface area contributed by atoms with Crippen LogP contribution in [0, 0.1) is 0 Å². The van der Waals surface area contributed by atoms with E-state index in [1.165, 1.54) is 18.2 Å². The van der Waals surface area contributed by atoms with Gasteiger partial charge in [-0.05, 0) is 39.7 Å². The van der Waals surface area contributed by atoms with Gasteiger partial charge in [0.25, 0.3) is 0 Å². The van der Waals surface area contributed by atoms with Gasteiger partial charge in [0.2, 0.25) is 0 Å². The van der Waals surface area contributed by atoms with Gasteiger partial charge in [-0.15, -0.1) is 13.2 Å². The molecule has 8 heteroatoms. The summed E-state index contributed by atoms with van der Waals surface area (Å²) in [5.41, 5.74) is 1.02. The molecule has 0 saturated carbocycles. The minimum atomic E-state index is -4.72. The second-order valence-electron chi connectivity index (χ2n) is 4.26. The normalized spacial score (nSPS) is 11.5. The largest absolute Gasteiger partial charge is 0.573 e. The Morgan fingerprint density at radius 2 is 2.10 bits per heavy atom. The Morgan fingerprint density at radius 3 is 2.67 bits per heavy atom. The van der Waals surface area contributed by atoms with Crippen LogP contribution in [0.4, 0.5) is 13.2 Å². The zero-order chi connectivity index (χ0) is 15.5. The topological polar surface area (TPSA) is 36.3 Å². The highest BCUT2D eigenvalue weighted by Crippen LogP contribution is 2.33. The van der Waals surface area contributed by atoms with Crippen LogP contribution in [0.25, 0.3) is 0 Å². The van der Waals surface area contributed by atoms with Crippen molar-refractivity contribution in [3.8, 4) is 11.5 Å². The molecule has 0 aliphatic heterocycles. The number of hydrogen-bond acceptors (Lipinski definition) is 3. The predicted octanol–water partition coefficient (Wildman–Crippen LogP) is 3.70. The van der Waals surface area contributed by atoms with E-state index < -0.39 is 6.36 Å². The number of alkyl halides is 3. The summed E-state index contributed by atoms with van der Waals surface area (Å²) in [4.78, 5) is 0. The van der Waals surface area contributed by atoms with Crippen molar-refractivity contribution in [2.24, 2.45) is 7.05 Å². The first-order valence-corrected chi connectivity index (χ1v) is 6.78. The highest BCUT2D eigenvalue weighted by atomic mass is 79.9. The standard InChI is InChI=1S/C13H12BrF3N2O2/c1-19-8-9(7-18-19)4-5-20-10-2-3-12(11(14)6-10)21-13(15,16)17/h2-3,6-8H,4-5H2,1H3. The molecular weight excluding hydrogens is 353 g/mol. The molecule has 0 unspecified atom stereocenters. The third kappa shape index (κ3) is 4.96. The number of rotatable bonds is 5. The molecule has 0 N–H and O–H groups in total. The highest BCUT2D eigenvalue weighted by molar-refractivity contribution is 9.10. The van der Waals surface area contributed by atoms with E-state index in [4.69, 9.17) is 4.74 Å². The van der Waals surface area contributed by atoms with Crippen molar-refractivity contribution in [2.45, 2.75) is 12.8 Å². The molecule has 2 aromatic rings. The Hall–Kier alpha value is -1.70. The summed E-state index contributed by atoms with van der Waals surface area (Å²) in [6.07, 6.45) is -0.448. The van der Waals surface area contributed by atoms with Gasteiger partial charge in [0.05, 0.1) is 17.3 Å². The van der Waals surface area contributed by atoms with Crippen LogP contribution in [0.5, 0.6) is 11.5 Å². The molecule has 0 fully saturated rings. The Labute approximate surface area is 127 Å². The molecule has 2 rings (SSSR count). The molecule has 0 atom stereocenters. The van der Waals surface area contributed by atoms with E-state index in [1.807, 2.05) is 13.2 Å². The number of benzene rings is 1. The SMILES string of the molecule is Cn1cc(CCOc2ccc(OC(F)(F)F)c(Br)c2)cn1. The van der Waals surface area contributed by atoms with Gasteiger partial charge >= 0.3 is 6.36 Å². The Balaban J connectivity index is 1.91. The Morgan fingerprint density at radius 1 is 1.33 bits per heavy atom. The van der Waals surface area contributed by atoms with E-state index in [1.54, 1.807) is 10.9 Å². The van der Waals surface area contributed by atoms with Crippen LogP contribution in [0.1, 0.15) is 5.56 Å². The maximum absolute atomic E-state index is 12.1. The highest BCUT2D eigenvalue weighted by Gasteiger charge is 2.31. The quantitative estimate of drug-likeness (QED) is 0.811. The number of hydrogen-bond donors (Lipinski definition) is 0. The number of aryl methyl sites for hydroxylation is 1. The molecule has 0 aliphatic rings. The van der Waals surface area contributed by atoms with E-state index in [0.29, 0.717) is 18.8 Å². The van der Waals surface area contributed by atoms with Gasteiger partial charge in [0.1, 0.15) is 11.5 Å². The lowest BCUT2D eigenvalue weighted by Crippen LogP contribution is -2.17. The minimum absolute atomic E-state index is 0.179. The molecule has 1 heterocycles. The van der Waals surface area contributed by atoms with Gasteiger partial charge in [-0.25, -0.2) is 0 Å². The van der Waals surface area contributed by atoms with Gasteiger partial charge in [-0.1, -0.05) is 0 Å². The van der Waals surface area contributed by atoms with Crippen LogP contribution < -0.4 is 9.47 Å². The number of nitrogens with zero attached hydrogens (tertiary/aromatic N) is 2. The van der Waals surface area contributed by atoms with Crippen LogP contribution >= 0.6 is 15.9 Å². The summed E-state index contributed by atoms with van der Waals surface area (Å²) in [6.45, 7) is 0.400. The molecular formula is C13H12BrF3N2O2. The molecule has 21 heavy (non-hydrogen) atoms. The summed E-state index contributed by atoms with van der Waals surface area (Å²) in [7, 11) is 1.82. The van der Waals surface area contributed by atoms with E-state index in [-0.39, 0.29) is 10.2 Å². The van der Waals surface area contributed by atoms with E-state index in [0.717, 1.165) is 5.56 Å². The first-order valence-electron chi connectivity index (χ1n) is 5.99. The molecule has 0 bridgehead atoms. The summed E-state index contributed by atoms with van der Waals surface area (Å²) in [5.74, 6) is 0.155. The van der Waals surface area contributed by atoms with Crippen molar-refractivity contribution >= 4 is 15.9 Å². The summed E-state index contributed by atoms with van der Waals surface area (Å²) in [5, 5.41) is 4.03. The van der Waals surface area contributed by atoms with Crippen LogP contribution in [0.15, 0.2) is 35.1 Å². The minimum Gasteiger partial charge on any atom is -0.493 e. The lowest BCUT2D eigenvalue weighted by atomic mass is 10.3. The van der Waals surface area contributed by atoms with Crippen LogP contribution in [0.3, 0.4) is 0 Å². The Kier molecular flexibility index (Phi) is 4.76. The smallest absolute Gasteiger partial charge is 0.493 e. The van der Waals surface area contributed by atoms with Crippen LogP contribution in [-0.2, 0) is 13.5 Å². The van der Waals surface area contributed by atoms with Crippen LogP contribution in [-0.4, -0.2) is 22.7 Å². The molecule has 4 nitrogen and oxygen atoms in total. The molecule has 0 saturated heterocycles. The second kappa shape index (κ2) is 6.38. The Bertz CT molecular complexity index is 614. The van der Waals surface area contributed by atoms with Gasteiger partial charge in [-0.2, -0.15) is 5.10 Å². The van der Waals surface area contributed by atoms with Gasteiger partial charge in [0, 0.05) is 19.7 Å².